The van der Waals surface area contributed by atoms with E-state index in [1.807, 2.05) is 12.1 Å². The number of rotatable bonds is 7. The van der Waals surface area contributed by atoms with Crippen LogP contribution in [0.4, 0.5) is 0 Å². The molecule has 0 spiro atoms. The Morgan fingerprint density at radius 3 is 2.70 bits per heavy atom. The minimum absolute atomic E-state index is 0.0628. The number of aliphatic hydroxyl groups is 1. The van der Waals surface area contributed by atoms with Gasteiger partial charge in [-0.05, 0) is 30.2 Å². The third-order valence-corrected chi connectivity index (χ3v) is 4.33. The molecule has 0 unspecified atom stereocenters. The van der Waals surface area contributed by atoms with E-state index in [4.69, 9.17) is 9.15 Å². The molecule has 1 aromatic carbocycles. The zero-order chi connectivity index (χ0) is 21.7. The molecule has 0 bridgehead atoms. The van der Waals surface area contributed by atoms with Gasteiger partial charge in [-0.2, -0.15) is 5.26 Å². The second-order valence-electron chi connectivity index (χ2n) is 6.82. The number of furan rings is 1. The number of aromatic amines is 1. The van der Waals surface area contributed by atoms with Crippen molar-refractivity contribution in [3.63, 3.8) is 0 Å². The minimum Gasteiger partial charge on any atom is -0.507 e. The summed E-state index contributed by atoms with van der Waals surface area (Å²) in [4.78, 5) is 31.8. The third kappa shape index (κ3) is 4.50. The molecular formula is C21H20N4O5. The number of esters is 1. The summed E-state index contributed by atoms with van der Waals surface area (Å²) in [6.45, 7) is 2.93. The van der Waals surface area contributed by atoms with Crippen LogP contribution in [0.3, 0.4) is 0 Å². The van der Waals surface area contributed by atoms with Gasteiger partial charge in [0.25, 0.3) is 5.91 Å². The molecule has 0 radical (unpaired) electrons. The van der Waals surface area contributed by atoms with E-state index in [2.05, 4.69) is 15.3 Å². The Balaban J connectivity index is 1.71. The van der Waals surface area contributed by atoms with Gasteiger partial charge in [-0.1, -0.05) is 26.0 Å². The van der Waals surface area contributed by atoms with Gasteiger partial charge in [-0.3, -0.25) is 4.79 Å². The van der Waals surface area contributed by atoms with E-state index in [1.165, 1.54) is 12.3 Å². The molecule has 1 atom stereocenters. The molecule has 9 heteroatoms. The summed E-state index contributed by atoms with van der Waals surface area (Å²) in [7, 11) is 0. The molecule has 30 heavy (non-hydrogen) atoms. The Morgan fingerprint density at radius 1 is 1.30 bits per heavy atom. The van der Waals surface area contributed by atoms with Crippen LogP contribution in [0, 0.1) is 17.2 Å². The van der Waals surface area contributed by atoms with Crippen molar-refractivity contribution in [1.29, 1.82) is 5.26 Å². The monoisotopic (exact) mass is 408 g/mol. The number of nitrogens with zero attached hydrogens (tertiary/aromatic N) is 2. The SMILES string of the molecule is CC(C)[C@H](NC(=O)c1ccco1)C(=O)OCC(O)=C(C#N)c1nc2ccccc2[nH]1. The standard InChI is InChI=1S/C21H20N4O5/c1-12(2)18(25-20(27)17-8-5-9-29-17)21(28)30-11-16(26)13(10-22)19-23-14-6-3-4-7-15(14)24-19/h3-9,12,18,26H,11H2,1-2H3,(H,23,24)(H,25,27)/t18-/m0/s1. The first-order valence-corrected chi connectivity index (χ1v) is 9.19. The predicted molar refractivity (Wildman–Crippen MR) is 107 cm³/mol. The van der Waals surface area contributed by atoms with Crippen LogP contribution < -0.4 is 5.32 Å². The normalized spacial score (nSPS) is 12.9. The number of aliphatic hydroxyl groups excluding tert-OH is 1. The number of imidazole rings is 1. The quantitative estimate of drug-likeness (QED) is 0.310. The average molecular weight is 408 g/mol. The number of hydrogen-bond acceptors (Lipinski definition) is 7. The fraction of sp³-hybridized carbons (Fsp3) is 0.238. The molecule has 9 nitrogen and oxygen atoms in total. The molecule has 3 N–H and O–H groups in total. The number of benzene rings is 1. The largest absolute Gasteiger partial charge is 0.507 e. The number of nitrogens with one attached hydrogen (secondary N) is 2. The Kier molecular flexibility index (Phi) is 6.17. The van der Waals surface area contributed by atoms with E-state index in [0.29, 0.717) is 11.0 Å². The smallest absolute Gasteiger partial charge is 0.329 e. The van der Waals surface area contributed by atoms with Crippen LogP contribution in [0.15, 0.2) is 52.8 Å². The lowest BCUT2D eigenvalue weighted by Gasteiger charge is -2.20. The van der Waals surface area contributed by atoms with Gasteiger partial charge in [0.05, 0.1) is 17.3 Å². The highest BCUT2D eigenvalue weighted by molar-refractivity contribution is 5.94. The molecule has 2 aromatic heterocycles. The fourth-order valence-electron chi connectivity index (χ4n) is 2.74. The number of allylic oxidation sites excluding steroid dienone is 1. The molecule has 0 fully saturated rings. The highest BCUT2D eigenvalue weighted by Crippen LogP contribution is 2.19. The molecule has 0 saturated carbocycles. The summed E-state index contributed by atoms with van der Waals surface area (Å²) < 4.78 is 10.2. The molecular weight excluding hydrogens is 388 g/mol. The summed E-state index contributed by atoms with van der Waals surface area (Å²) in [5.41, 5.74) is 1.19. The number of para-hydroxylation sites is 2. The summed E-state index contributed by atoms with van der Waals surface area (Å²) >= 11 is 0. The maximum absolute atomic E-state index is 12.5. The van der Waals surface area contributed by atoms with Crippen molar-refractivity contribution in [1.82, 2.24) is 15.3 Å². The Morgan fingerprint density at radius 2 is 2.07 bits per heavy atom. The molecule has 0 saturated heterocycles. The van der Waals surface area contributed by atoms with Gasteiger partial charge in [-0.15, -0.1) is 0 Å². The first kappa shape index (κ1) is 20.7. The lowest BCUT2D eigenvalue weighted by Crippen LogP contribution is -2.45. The summed E-state index contributed by atoms with van der Waals surface area (Å²) in [6, 6.07) is 11.1. The van der Waals surface area contributed by atoms with Gasteiger partial charge in [0.1, 0.15) is 24.3 Å². The van der Waals surface area contributed by atoms with Gasteiger partial charge < -0.3 is 24.6 Å². The highest BCUT2D eigenvalue weighted by atomic mass is 16.5. The number of H-pyrrole nitrogens is 1. The second-order valence-corrected chi connectivity index (χ2v) is 6.82. The Labute approximate surface area is 172 Å². The van der Waals surface area contributed by atoms with Gasteiger partial charge in [0, 0.05) is 0 Å². The van der Waals surface area contributed by atoms with Crippen LogP contribution in [0.5, 0.6) is 0 Å². The van der Waals surface area contributed by atoms with Crippen LogP contribution in [-0.4, -0.2) is 39.6 Å². The first-order chi connectivity index (χ1) is 14.4. The van der Waals surface area contributed by atoms with E-state index in [-0.39, 0.29) is 23.1 Å². The van der Waals surface area contributed by atoms with Crippen LogP contribution in [0.2, 0.25) is 0 Å². The summed E-state index contributed by atoms with van der Waals surface area (Å²) in [5.74, 6) is -1.82. The maximum Gasteiger partial charge on any atom is 0.329 e. The number of nitriles is 1. The first-order valence-electron chi connectivity index (χ1n) is 9.19. The van der Waals surface area contributed by atoms with Crippen molar-refractivity contribution in [3.05, 3.63) is 60.0 Å². The van der Waals surface area contributed by atoms with Crippen molar-refractivity contribution < 1.29 is 23.8 Å². The van der Waals surface area contributed by atoms with Gasteiger partial charge >= 0.3 is 5.97 Å². The number of ether oxygens (including phenoxy) is 1. The van der Waals surface area contributed by atoms with Crippen LogP contribution >= 0.6 is 0 Å². The zero-order valence-corrected chi connectivity index (χ0v) is 16.4. The number of fused-ring (bicyclic) bond motifs is 1. The lowest BCUT2D eigenvalue weighted by atomic mass is 10.0. The molecule has 3 aromatic rings. The Hall–Kier alpha value is -4.06. The van der Waals surface area contributed by atoms with Gasteiger partial charge in [0.2, 0.25) is 0 Å². The molecule has 0 aliphatic carbocycles. The minimum atomic E-state index is -0.966. The van der Waals surface area contributed by atoms with Crippen LogP contribution in [0.25, 0.3) is 16.6 Å². The average Bonchev–Trinajstić information content (AvgIpc) is 3.40. The zero-order valence-electron chi connectivity index (χ0n) is 16.4. The van der Waals surface area contributed by atoms with Crippen LogP contribution in [0.1, 0.15) is 30.2 Å². The molecule has 0 aliphatic rings. The van der Waals surface area contributed by atoms with E-state index in [1.54, 1.807) is 38.1 Å². The molecule has 3 rings (SSSR count). The van der Waals surface area contributed by atoms with E-state index in [0.717, 1.165) is 0 Å². The third-order valence-electron chi connectivity index (χ3n) is 4.33. The molecule has 154 valence electrons. The van der Waals surface area contributed by atoms with Crippen molar-refractivity contribution in [2.75, 3.05) is 6.61 Å². The number of hydrogen-bond donors (Lipinski definition) is 3. The topological polar surface area (TPSA) is 141 Å². The van der Waals surface area contributed by atoms with Crippen molar-refractivity contribution in [3.8, 4) is 6.07 Å². The number of carbonyl (C=O) groups excluding carboxylic acids is 2. The van der Waals surface area contributed by atoms with Gasteiger partial charge in [-0.25, -0.2) is 9.78 Å². The molecule has 2 heterocycles. The second kappa shape index (κ2) is 8.96. The van der Waals surface area contributed by atoms with E-state index < -0.39 is 30.3 Å². The maximum atomic E-state index is 12.5. The number of aromatic nitrogens is 2. The van der Waals surface area contributed by atoms with Crippen molar-refractivity contribution >= 4 is 28.5 Å². The number of amides is 1. The van der Waals surface area contributed by atoms with E-state index >= 15 is 0 Å². The van der Waals surface area contributed by atoms with E-state index in [9.17, 15) is 20.0 Å². The van der Waals surface area contributed by atoms with Crippen molar-refractivity contribution in [2.24, 2.45) is 5.92 Å². The fourth-order valence-corrected chi connectivity index (χ4v) is 2.74. The predicted octanol–water partition coefficient (Wildman–Crippen LogP) is 2.95. The van der Waals surface area contributed by atoms with Crippen molar-refractivity contribution in [2.45, 2.75) is 19.9 Å². The van der Waals surface area contributed by atoms with Crippen LogP contribution in [-0.2, 0) is 9.53 Å². The molecule has 1 amide bonds. The Bertz CT molecular complexity index is 1090. The summed E-state index contributed by atoms with van der Waals surface area (Å²) in [5, 5.41) is 22.3. The molecule has 0 aliphatic heterocycles. The van der Waals surface area contributed by atoms with Gasteiger partial charge in [0.15, 0.2) is 17.3 Å². The lowest BCUT2D eigenvalue weighted by molar-refractivity contribution is -0.146. The highest BCUT2D eigenvalue weighted by Gasteiger charge is 2.27. The summed E-state index contributed by atoms with van der Waals surface area (Å²) in [6.07, 6.45) is 1.35. The number of carbonyl (C=O) groups is 2.